The predicted octanol–water partition coefficient (Wildman–Crippen LogP) is 3.95. The topological polar surface area (TPSA) is 102 Å². The van der Waals surface area contributed by atoms with Crippen LogP contribution in [-0.4, -0.2) is 37.6 Å². The van der Waals surface area contributed by atoms with Crippen LogP contribution >= 0.6 is 0 Å². The second kappa shape index (κ2) is 9.19. The van der Waals surface area contributed by atoms with Crippen LogP contribution in [-0.2, 0) is 26.5 Å². The van der Waals surface area contributed by atoms with E-state index in [9.17, 15) is 16.8 Å². The number of benzene rings is 3. The Kier molecular flexibility index (Phi) is 6.46. The molecule has 8 nitrogen and oxygen atoms in total. The van der Waals surface area contributed by atoms with Gasteiger partial charge in [-0.1, -0.05) is 17.7 Å². The molecule has 0 saturated heterocycles. The molecule has 0 atom stereocenters. The van der Waals surface area contributed by atoms with Crippen LogP contribution in [0.2, 0.25) is 0 Å². The molecule has 0 unspecified atom stereocenters. The molecule has 1 N–H and O–H groups in total. The van der Waals surface area contributed by atoms with Crippen molar-refractivity contribution in [1.82, 2.24) is 0 Å². The summed E-state index contributed by atoms with van der Waals surface area (Å²) in [4.78, 5) is 0.194. The first-order valence-corrected chi connectivity index (χ1v) is 13.6. The minimum absolute atomic E-state index is 0.0305. The highest BCUT2D eigenvalue weighted by Crippen LogP contribution is 2.35. The first kappa shape index (κ1) is 23.9. The number of ether oxygens (including phenoxy) is 2. The van der Waals surface area contributed by atoms with Crippen LogP contribution in [0.4, 0.5) is 11.4 Å². The summed E-state index contributed by atoms with van der Waals surface area (Å²) in [6.07, 6.45) is 1.26. The van der Waals surface area contributed by atoms with E-state index in [4.69, 9.17) is 9.47 Å². The fraction of sp³-hybridized carbons (Fsp3) is 0.250. The zero-order valence-electron chi connectivity index (χ0n) is 19.1. The Morgan fingerprint density at radius 1 is 0.882 bits per heavy atom. The van der Waals surface area contributed by atoms with Crippen molar-refractivity contribution >= 4 is 31.4 Å². The van der Waals surface area contributed by atoms with Crippen LogP contribution in [0.3, 0.4) is 0 Å². The highest BCUT2D eigenvalue weighted by molar-refractivity contribution is 7.93. The Morgan fingerprint density at radius 3 is 2.29 bits per heavy atom. The lowest BCUT2D eigenvalue weighted by Crippen LogP contribution is -2.35. The molecular formula is C24H26N2O6S2. The number of hydrogen-bond acceptors (Lipinski definition) is 6. The number of sulfonamides is 2. The molecule has 1 aliphatic heterocycles. The number of rotatable bonds is 7. The molecule has 0 amide bonds. The standard InChI is InChI=1S/C24H26N2O6S2/c1-17-6-10-21(11-7-17)34(29,30)26-14-4-5-18-15-19(8-12-22(18)26)25-33(27,28)24-13-9-20(31-2)16-23(24)32-3/h6-13,15-16,25H,4-5,14H2,1-3H3. The van der Waals surface area contributed by atoms with Crippen LogP contribution in [0.25, 0.3) is 0 Å². The summed E-state index contributed by atoms with van der Waals surface area (Å²) in [6, 6.07) is 16.1. The summed E-state index contributed by atoms with van der Waals surface area (Å²) in [7, 11) is -4.82. The molecule has 0 saturated carbocycles. The molecule has 34 heavy (non-hydrogen) atoms. The van der Waals surface area contributed by atoms with Crippen LogP contribution in [0.15, 0.2) is 70.5 Å². The van der Waals surface area contributed by atoms with E-state index in [1.807, 2.05) is 6.92 Å². The first-order chi connectivity index (χ1) is 16.2. The van der Waals surface area contributed by atoms with Gasteiger partial charge in [0.1, 0.15) is 16.4 Å². The molecule has 4 rings (SSSR count). The molecular weight excluding hydrogens is 476 g/mol. The third-order valence-corrected chi connectivity index (χ3v) is 8.93. The van der Waals surface area contributed by atoms with Crippen molar-refractivity contribution in [2.24, 2.45) is 0 Å². The van der Waals surface area contributed by atoms with E-state index in [1.165, 1.54) is 36.7 Å². The Bertz CT molecular complexity index is 1420. The molecule has 3 aromatic rings. The van der Waals surface area contributed by atoms with Crippen molar-refractivity contribution in [2.45, 2.75) is 29.6 Å². The Balaban J connectivity index is 1.65. The number of aryl methyl sites for hydroxylation is 2. The molecule has 0 fully saturated rings. The number of nitrogens with one attached hydrogen (secondary N) is 1. The zero-order valence-corrected chi connectivity index (χ0v) is 20.7. The third-order valence-electron chi connectivity index (χ3n) is 5.68. The largest absolute Gasteiger partial charge is 0.497 e. The second-order valence-electron chi connectivity index (χ2n) is 7.96. The van der Waals surface area contributed by atoms with Gasteiger partial charge in [-0.05, 0) is 67.8 Å². The number of fused-ring (bicyclic) bond motifs is 1. The Labute approximate surface area is 200 Å². The van der Waals surface area contributed by atoms with Gasteiger partial charge in [0, 0.05) is 18.3 Å². The highest BCUT2D eigenvalue weighted by atomic mass is 32.2. The SMILES string of the molecule is COc1ccc(S(=O)(=O)Nc2ccc3c(c2)CCCN3S(=O)(=O)c2ccc(C)cc2)c(OC)c1. The summed E-state index contributed by atoms with van der Waals surface area (Å²) in [6.45, 7) is 2.26. The fourth-order valence-electron chi connectivity index (χ4n) is 3.92. The van der Waals surface area contributed by atoms with Gasteiger partial charge in [0.2, 0.25) is 0 Å². The van der Waals surface area contributed by atoms with Gasteiger partial charge in [-0.3, -0.25) is 9.03 Å². The van der Waals surface area contributed by atoms with Crippen molar-refractivity contribution < 1.29 is 26.3 Å². The summed E-state index contributed by atoms with van der Waals surface area (Å²) >= 11 is 0. The van der Waals surface area contributed by atoms with Crippen molar-refractivity contribution in [2.75, 3.05) is 29.8 Å². The lowest BCUT2D eigenvalue weighted by atomic mass is 10.0. The van der Waals surface area contributed by atoms with Gasteiger partial charge in [-0.25, -0.2) is 16.8 Å². The lowest BCUT2D eigenvalue weighted by molar-refractivity contribution is 0.386. The molecule has 0 radical (unpaired) electrons. The Hall–Kier alpha value is -3.24. The summed E-state index contributed by atoms with van der Waals surface area (Å²) in [5, 5.41) is 0. The minimum Gasteiger partial charge on any atom is -0.497 e. The number of hydrogen-bond donors (Lipinski definition) is 1. The minimum atomic E-state index is -3.96. The van der Waals surface area contributed by atoms with E-state index in [2.05, 4.69) is 4.72 Å². The molecule has 0 aromatic heterocycles. The maximum Gasteiger partial charge on any atom is 0.265 e. The quantitative estimate of drug-likeness (QED) is 0.525. The molecule has 3 aromatic carbocycles. The van der Waals surface area contributed by atoms with Crippen molar-refractivity contribution in [3.8, 4) is 11.5 Å². The smallest absolute Gasteiger partial charge is 0.265 e. The molecule has 1 heterocycles. The van der Waals surface area contributed by atoms with Gasteiger partial charge in [-0.15, -0.1) is 0 Å². The average molecular weight is 503 g/mol. The van der Waals surface area contributed by atoms with Crippen LogP contribution in [0.5, 0.6) is 11.5 Å². The molecule has 10 heteroatoms. The Morgan fingerprint density at radius 2 is 1.62 bits per heavy atom. The van der Waals surface area contributed by atoms with Crippen LogP contribution < -0.4 is 18.5 Å². The number of anilines is 2. The average Bonchev–Trinajstić information content (AvgIpc) is 2.83. The number of methoxy groups -OCH3 is 2. The second-order valence-corrected chi connectivity index (χ2v) is 11.5. The van der Waals surface area contributed by atoms with Crippen LogP contribution in [0, 0.1) is 6.92 Å². The molecule has 0 aliphatic carbocycles. The maximum atomic E-state index is 13.3. The predicted molar refractivity (Wildman–Crippen MR) is 131 cm³/mol. The van der Waals surface area contributed by atoms with Gasteiger partial charge in [-0.2, -0.15) is 0 Å². The molecule has 0 bridgehead atoms. The van der Waals surface area contributed by atoms with Gasteiger partial charge in [0.05, 0.1) is 24.8 Å². The normalized spacial score (nSPS) is 13.8. The van der Waals surface area contributed by atoms with E-state index in [0.717, 1.165) is 11.1 Å². The number of nitrogens with zero attached hydrogens (tertiary/aromatic N) is 1. The van der Waals surface area contributed by atoms with Gasteiger partial charge < -0.3 is 9.47 Å². The highest BCUT2D eigenvalue weighted by Gasteiger charge is 2.29. The van der Waals surface area contributed by atoms with E-state index < -0.39 is 20.0 Å². The summed E-state index contributed by atoms with van der Waals surface area (Å²) < 4.78 is 67.0. The third kappa shape index (κ3) is 4.55. The van der Waals surface area contributed by atoms with E-state index in [1.54, 1.807) is 42.5 Å². The monoisotopic (exact) mass is 502 g/mol. The van der Waals surface area contributed by atoms with E-state index in [-0.39, 0.29) is 15.5 Å². The van der Waals surface area contributed by atoms with E-state index in [0.29, 0.717) is 36.5 Å². The van der Waals surface area contributed by atoms with Gasteiger partial charge >= 0.3 is 0 Å². The zero-order chi connectivity index (χ0) is 24.5. The molecule has 0 spiro atoms. The maximum absolute atomic E-state index is 13.3. The van der Waals surface area contributed by atoms with Crippen molar-refractivity contribution in [3.63, 3.8) is 0 Å². The lowest BCUT2D eigenvalue weighted by Gasteiger charge is -2.31. The van der Waals surface area contributed by atoms with E-state index >= 15 is 0 Å². The van der Waals surface area contributed by atoms with Crippen molar-refractivity contribution in [3.05, 3.63) is 71.8 Å². The summed E-state index contributed by atoms with van der Waals surface area (Å²) in [5.41, 5.74) is 2.62. The molecule has 180 valence electrons. The van der Waals surface area contributed by atoms with Gasteiger partial charge in [0.25, 0.3) is 20.0 Å². The van der Waals surface area contributed by atoms with Gasteiger partial charge in [0.15, 0.2) is 0 Å². The van der Waals surface area contributed by atoms with Crippen molar-refractivity contribution in [1.29, 1.82) is 0 Å². The first-order valence-electron chi connectivity index (χ1n) is 10.6. The summed E-state index contributed by atoms with van der Waals surface area (Å²) in [5.74, 6) is 0.625. The van der Waals surface area contributed by atoms with Crippen LogP contribution in [0.1, 0.15) is 17.5 Å². The molecule has 1 aliphatic rings. The fourth-order valence-corrected chi connectivity index (χ4v) is 6.66.